The topological polar surface area (TPSA) is 88.4 Å². The van der Waals surface area contributed by atoms with Gasteiger partial charge in [-0.05, 0) is 23.1 Å². The molecule has 0 amide bonds. The highest BCUT2D eigenvalue weighted by Gasteiger charge is 2.05. The summed E-state index contributed by atoms with van der Waals surface area (Å²) in [6.07, 6.45) is 2.18. The molecule has 0 fully saturated rings. The van der Waals surface area contributed by atoms with E-state index in [1.807, 2.05) is 0 Å². The standard InChI is InChI=1S/C13H10NO4S2/c15-12(16)7-6-10-3-1-4-11(9-10)14-20(17,18)13-5-2-8-19-13/h1-9H,(H,15,16)/q-1/p-1. The van der Waals surface area contributed by atoms with Crippen LogP contribution >= 0.6 is 11.3 Å². The Labute approximate surface area is 120 Å². The minimum Gasteiger partial charge on any atom is -0.572 e. The van der Waals surface area contributed by atoms with E-state index in [2.05, 4.69) is 4.72 Å². The largest absolute Gasteiger partial charge is 0.572 e. The van der Waals surface area contributed by atoms with Crippen LogP contribution in [0.25, 0.3) is 10.8 Å². The van der Waals surface area contributed by atoms with Crippen molar-refractivity contribution in [3.05, 3.63) is 58.1 Å². The number of benzene rings is 1. The summed E-state index contributed by atoms with van der Waals surface area (Å²) >= 11 is 1.09. The van der Waals surface area contributed by atoms with Gasteiger partial charge in [-0.1, -0.05) is 36.4 Å². The van der Waals surface area contributed by atoms with E-state index < -0.39 is 16.0 Å². The second kappa shape index (κ2) is 5.89. The minimum atomic E-state index is -3.73. The van der Waals surface area contributed by atoms with Crippen LogP contribution in [-0.2, 0) is 14.8 Å². The SMILES string of the molecule is O=C([O-])C=Cc1cccc([N-]S(=O)(=O)c2cccs2)c1. The van der Waals surface area contributed by atoms with Gasteiger partial charge in [0.2, 0.25) is 0 Å². The summed E-state index contributed by atoms with van der Waals surface area (Å²) < 4.78 is 27.8. The highest BCUT2D eigenvalue weighted by molar-refractivity contribution is 7.96. The van der Waals surface area contributed by atoms with Crippen LogP contribution < -0.4 is 5.11 Å². The molecule has 0 aliphatic carbocycles. The van der Waals surface area contributed by atoms with Crippen molar-refractivity contribution in [1.82, 2.24) is 0 Å². The van der Waals surface area contributed by atoms with Gasteiger partial charge < -0.3 is 14.6 Å². The fraction of sp³-hybridized carbons (Fsp3) is 0. The third kappa shape index (κ3) is 3.69. The average molecular weight is 307 g/mol. The number of hydrogen-bond acceptors (Lipinski definition) is 5. The second-order valence-electron chi connectivity index (χ2n) is 3.75. The minimum absolute atomic E-state index is 0.160. The fourth-order valence-corrected chi connectivity index (χ4v) is 3.39. The number of aliphatic carboxylic acids is 1. The number of thiophene rings is 1. The van der Waals surface area contributed by atoms with Gasteiger partial charge in [0.1, 0.15) is 14.2 Å². The first-order valence-electron chi connectivity index (χ1n) is 5.48. The molecule has 0 atom stereocenters. The quantitative estimate of drug-likeness (QED) is 0.789. The Balaban J connectivity index is 2.22. The Morgan fingerprint density at radius 2 is 2.05 bits per heavy atom. The third-order valence-electron chi connectivity index (χ3n) is 2.26. The number of carbonyl (C=O) groups excluding carboxylic acids is 1. The van der Waals surface area contributed by atoms with Gasteiger partial charge in [0.15, 0.2) is 0 Å². The van der Waals surface area contributed by atoms with Crippen LogP contribution in [0.15, 0.2) is 52.1 Å². The van der Waals surface area contributed by atoms with Crippen molar-refractivity contribution in [2.75, 3.05) is 0 Å². The van der Waals surface area contributed by atoms with Crippen LogP contribution in [0.5, 0.6) is 0 Å². The molecule has 1 heterocycles. The highest BCUT2D eigenvalue weighted by atomic mass is 32.2. The number of carboxylic acids is 1. The zero-order valence-electron chi connectivity index (χ0n) is 10.1. The molecule has 0 saturated heterocycles. The summed E-state index contributed by atoms with van der Waals surface area (Å²) in [6.45, 7) is 0. The lowest BCUT2D eigenvalue weighted by atomic mass is 10.2. The number of nitrogens with zero attached hydrogens (tertiary/aromatic N) is 1. The Hall–Kier alpha value is -2.12. The maximum atomic E-state index is 12.0. The van der Waals surface area contributed by atoms with Crippen molar-refractivity contribution in [3.63, 3.8) is 0 Å². The monoisotopic (exact) mass is 307 g/mol. The maximum Gasteiger partial charge on any atom is 0.132 e. The second-order valence-corrected chi connectivity index (χ2v) is 6.52. The molecule has 20 heavy (non-hydrogen) atoms. The van der Waals surface area contributed by atoms with E-state index in [1.165, 1.54) is 24.3 Å². The molecule has 0 saturated carbocycles. The lowest BCUT2D eigenvalue weighted by Gasteiger charge is -2.20. The summed E-state index contributed by atoms with van der Waals surface area (Å²) in [5, 5.41) is 12.0. The molecule has 0 spiro atoms. The Bertz CT molecular complexity index is 733. The first-order chi connectivity index (χ1) is 9.47. The van der Waals surface area contributed by atoms with Crippen molar-refractivity contribution in [2.24, 2.45) is 0 Å². The van der Waals surface area contributed by atoms with Crippen LogP contribution in [0.3, 0.4) is 0 Å². The predicted molar refractivity (Wildman–Crippen MR) is 75.0 cm³/mol. The highest BCUT2D eigenvalue weighted by Crippen LogP contribution is 2.30. The predicted octanol–water partition coefficient (Wildman–Crippen LogP) is 1.91. The van der Waals surface area contributed by atoms with Crippen molar-refractivity contribution < 1.29 is 18.3 Å². The van der Waals surface area contributed by atoms with Gasteiger partial charge in [-0.15, -0.1) is 17.0 Å². The number of carbonyl (C=O) groups is 1. The summed E-state index contributed by atoms with van der Waals surface area (Å²) in [5.41, 5.74) is 0.760. The molecule has 0 aliphatic rings. The Morgan fingerprint density at radius 3 is 2.70 bits per heavy atom. The zero-order valence-corrected chi connectivity index (χ0v) is 11.7. The molecule has 0 bridgehead atoms. The summed E-state index contributed by atoms with van der Waals surface area (Å²) in [4.78, 5) is 10.3. The molecule has 1 aromatic heterocycles. The lowest BCUT2D eigenvalue weighted by Crippen LogP contribution is -2.18. The first kappa shape index (κ1) is 14.3. The number of rotatable bonds is 5. The van der Waals surface area contributed by atoms with E-state index in [0.29, 0.717) is 5.56 Å². The molecule has 0 radical (unpaired) electrons. The first-order valence-corrected chi connectivity index (χ1v) is 7.80. The average Bonchev–Trinajstić information content (AvgIpc) is 2.91. The van der Waals surface area contributed by atoms with Crippen LogP contribution in [0.2, 0.25) is 0 Å². The Kier molecular flexibility index (Phi) is 4.21. The van der Waals surface area contributed by atoms with E-state index in [1.54, 1.807) is 23.6 Å². The molecule has 2 aromatic rings. The molecular formula is C13H9NO4S2-2. The van der Waals surface area contributed by atoms with E-state index in [4.69, 9.17) is 0 Å². The van der Waals surface area contributed by atoms with Gasteiger partial charge in [-0.3, -0.25) is 0 Å². The van der Waals surface area contributed by atoms with Crippen molar-refractivity contribution in [1.29, 1.82) is 0 Å². The van der Waals surface area contributed by atoms with Gasteiger partial charge in [0.25, 0.3) is 0 Å². The number of sulfonamides is 1. The molecule has 1 aromatic carbocycles. The smallest absolute Gasteiger partial charge is 0.132 e. The molecule has 5 nitrogen and oxygen atoms in total. The van der Waals surface area contributed by atoms with Gasteiger partial charge >= 0.3 is 0 Å². The summed E-state index contributed by atoms with van der Waals surface area (Å²) in [7, 11) is -3.73. The van der Waals surface area contributed by atoms with Crippen LogP contribution in [-0.4, -0.2) is 14.4 Å². The molecule has 0 unspecified atom stereocenters. The summed E-state index contributed by atoms with van der Waals surface area (Å²) in [6, 6.07) is 9.34. The van der Waals surface area contributed by atoms with Crippen LogP contribution in [0.1, 0.15) is 5.56 Å². The van der Waals surface area contributed by atoms with E-state index in [9.17, 15) is 18.3 Å². The molecule has 2 rings (SSSR count). The van der Waals surface area contributed by atoms with Gasteiger partial charge in [-0.25, -0.2) is 8.42 Å². The fourth-order valence-electron chi connectivity index (χ4n) is 1.44. The molecular weight excluding hydrogens is 298 g/mol. The zero-order chi connectivity index (χ0) is 14.6. The lowest BCUT2D eigenvalue weighted by molar-refractivity contribution is -0.297. The number of hydrogen-bond donors (Lipinski definition) is 0. The molecule has 7 heteroatoms. The third-order valence-corrected chi connectivity index (χ3v) is 4.93. The number of carboxylic acid groups (broad SMARTS) is 1. The molecule has 104 valence electrons. The Morgan fingerprint density at radius 1 is 1.25 bits per heavy atom. The van der Waals surface area contributed by atoms with E-state index in [0.717, 1.165) is 17.4 Å². The van der Waals surface area contributed by atoms with Gasteiger partial charge in [0.05, 0.1) is 5.97 Å². The van der Waals surface area contributed by atoms with Crippen molar-refractivity contribution >= 4 is 39.1 Å². The van der Waals surface area contributed by atoms with Crippen molar-refractivity contribution in [3.8, 4) is 0 Å². The normalized spacial score (nSPS) is 11.6. The summed E-state index contributed by atoms with van der Waals surface area (Å²) in [5.74, 6) is -1.32. The van der Waals surface area contributed by atoms with Crippen LogP contribution in [0.4, 0.5) is 5.69 Å². The van der Waals surface area contributed by atoms with Gasteiger partial charge in [0, 0.05) is 0 Å². The van der Waals surface area contributed by atoms with Crippen LogP contribution in [0, 0.1) is 0 Å². The van der Waals surface area contributed by atoms with E-state index >= 15 is 0 Å². The van der Waals surface area contributed by atoms with Crippen molar-refractivity contribution in [2.45, 2.75) is 4.21 Å². The van der Waals surface area contributed by atoms with Gasteiger partial charge in [-0.2, -0.15) is 0 Å². The molecule has 0 N–H and O–H groups in total. The maximum absolute atomic E-state index is 12.0. The molecule has 0 aliphatic heterocycles. The van der Waals surface area contributed by atoms with E-state index in [-0.39, 0.29) is 9.90 Å².